The number of hydrogen-bond donors (Lipinski definition) is 1. The minimum atomic E-state index is -4.46. The van der Waals surface area contributed by atoms with Crippen LogP contribution in [0, 0.1) is 0 Å². The van der Waals surface area contributed by atoms with Gasteiger partial charge in [-0.1, -0.05) is 37.3 Å². The van der Waals surface area contributed by atoms with Gasteiger partial charge in [0.25, 0.3) is 0 Å². The number of anilines is 1. The largest absolute Gasteiger partial charge is 0.416 e. The van der Waals surface area contributed by atoms with Crippen LogP contribution in [-0.4, -0.2) is 52.1 Å². The Balaban J connectivity index is 1.59. The molecule has 0 saturated carbocycles. The molecule has 1 saturated heterocycles. The molecule has 1 unspecified atom stereocenters. The molecule has 0 aliphatic carbocycles. The van der Waals surface area contributed by atoms with Crippen LogP contribution >= 0.6 is 0 Å². The molecule has 2 amide bonds. The molecule has 1 atom stereocenters. The van der Waals surface area contributed by atoms with Crippen LogP contribution in [0.25, 0.3) is 16.9 Å². The topological polar surface area (TPSA) is 76.5 Å². The van der Waals surface area contributed by atoms with Gasteiger partial charge in [0.1, 0.15) is 6.54 Å². The Kier molecular flexibility index (Phi) is 7.73. The third-order valence-corrected chi connectivity index (χ3v) is 5.94. The molecule has 1 N–H and O–H groups in total. The van der Waals surface area contributed by atoms with Crippen molar-refractivity contribution in [3.05, 3.63) is 66.4 Å². The Morgan fingerprint density at radius 3 is 2.47 bits per heavy atom. The summed E-state index contributed by atoms with van der Waals surface area (Å²) in [4.78, 5) is 31.4. The zero-order valence-electron chi connectivity index (χ0n) is 19.8. The summed E-state index contributed by atoms with van der Waals surface area (Å²) in [6.45, 7) is 2.50. The number of aromatic nitrogens is 2. The Bertz CT molecular complexity index is 1190. The van der Waals surface area contributed by atoms with Crippen LogP contribution in [0.3, 0.4) is 0 Å². The van der Waals surface area contributed by atoms with Gasteiger partial charge in [0.05, 0.1) is 17.4 Å². The van der Waals surface area contributed by atoms with Crippen molar-refractivity contribution in [3.8, 4) is 16.9 Å². The summed E-state index contributed by atoms with van der Waals surface area (Å²) in [6, 6.07) is 13.8. The maximum Gasteiger partial charge on any atom is 0.416 e. The van der Waals surface area contributed by atoms with E-state index >= 15 is 0 Å². The summed E-state index contributed by atoms with van der Waals surface area (Å²) in [5.74, 6) is -0.496. The molecule has 36 heavy (non-hydrogen) atoms. The first-order valence-corrected chi connectivity index (χ1v) is 11.8. The minimum absolute atomic E-state index is 0.105. The third kappa shape index (κ3) is 6.12. The summed E-state index contributed by atoms with van der Waals surface area (Å²) < 4.78 is 46.3. The lowest BCUT2D eigenvalue weighted by atomic mass is 10.2. The van der Waals surface area contributed by atoms with Crippen LogP contribution in [0.4, 0.5) is 19.1 Å². The van der Waals surface area contributed by atoms with Gasteiger partial charge < -0.3 is 9.64 Å². The van der Waals surface area contributed by atoms with E-state index in [4.69, 9.17) is 4.74 Å². The van der Waals surface area contributed by atoms with Crippen molar-refractivity contribution in [2.45, 2.75) is 38.5 Å². The van der Waals surface area contributed by atoms with E-state index in [0.29, 0.717) is 24.5 Å². The molecular weight excluding hydrogens is 473 g/mol. The number of rotatable bonds is 8. The van der Waals surface area contributed by atoms with Gasteiger partial charge in [-0.3, -0.25) is 19.5 Å². The Hall–Kier alpha value is -3.66. The zero-order chi connectivity index (χ0) is 25.7. The van der Waals surface area contributed by atoms with Gasteiger partial charge in [-0.05, 0) is 37.1 Å². The van der Waals surface area contributed by atoms with Crippen molar-refractivity contribution in [1.29, 1.82) is 0 Å². The molecular formula is C26H27F3N4O3. The number of benzene rings is 2. The predicted octanol–water partition coefficient (Wildman–Crippen LogP) is 4.91. The molecule has 2 aromatic carbocycles. The molecule has 190 valence electrons. The minimum Gasteiger partial charge on any atom is -0.376 e. The molecule has 2 heterocycles. The van der Waals surface area contributed by atoms with E-state index in [1.54, 1.807) is 13.1 Å². The summed E-state index contributed by atoms with van der Waals surface area (Å²) >= 11 is 0. The van der Waals surface area contributed by atoms with Crippen molar-refractivity contribution in [1.82, 2.24) is 14.5 Å². The highest BCUT2D eigenvalue weighted by atomic mass is 19.4. The third-order valence-electron chi connectivity index (χ3n) is 5.94. The second-order valence-corrected chi connectivity index (χ2v) is 8.54. The van der Waals surface area contributed by atoms with E-state index < -0.39 is 17.6 Å². The van der Waals surface area contributed by atoms with E-state index in [9.17, 15) is 22.8 Å². The first-order chi connectivity index (χ1) is 17.2. The number of carbonyl (C=O) groups excluding carboxylic acids is 2. The average Bonchev–Trinajstić information content (AvgIpc) is 3.53. The summed E-state index contributed by atoms with van der Waals surface area (Å²) in [5, 5.41) is 2.73. The van der Waals surface area contributed by atoms with E-state index in [0.717, 1.165) is 30.5 Å². The lowest BCUT2D eigenvalue weighted by Crippen LogP contribution is -2.42. The summed E-state index contributed by atoms with van der Waals surface area (Å²) in [7, 11) is 0. The van der Waals surface area contributed by atoms with Crippen LogP contribution in [-0.2, 0) is 20.5 Å². The highest BCUT2D eigenvalue weighted by Crippen LogP contribution is 2.31. The molecule has 1 aromatic heterocycles. The van der Waals surface area contributed by atoms with E-state index in [-0.39, 0.29) is 30.9 Å². The van der Waals surface area contributed by atoms with Gasteiger partial charge >= 0.3 is 6.18 Å². The summed E-state index contributed by atoms with van der Waals surface area (Å²) in [5.41, 5.74) is 0.934. The van der Waals surface area contributed by atoms with Crippen LogP contribution in [0.1, 0.15) is 31.7 Å². The zero-order valence-corrected chi connectivity index (χ0v) is 19.8. The Morgan fingerprint density at radius 2 is 1.86 bits per heavy atom. The first-order valence-electron chi connectivity index (χ1n) is 11.8. The second-order valence-electron chi connectivity index (χ2n) is 8.54. The van der Waals surface area contributed by atoms with Gasteiger partial charge in [0, 0.05) is 37.0 Å². The fraction of sp³-hybridized carbons (Fsp3) is 0.346. The van der Waals surface area contributed by atoms with Crippen molar-refractivity contribution < 1.29 is 27.5 Å². The Morgan fingerprint density at radius 1 is 1.14 bits per heavy atom. The fourth-order valence-electron chi connectivity index (χ4n) is 4.07. The van der Waals surface area contributed by atoms with Gasteiger partial charge in [-0.25, -0.2) is 4.98 Å². The van der Waals surface area contributed by atoms with Crippen LogP contribution in [0.15, 0.2) is 60.8 Å². The Labute approximate surface area is 206 Å². The first kappa shape index (κ1) is 25.4. The predicted molar refractivity (Wildman–Crippen MR) is 128 cm³/mol. The maximum absolute atomic E-state index is 13.0. The van der Waals surface area contributed by atoms with E-state index in [2.05, 4.69) is 10.3 Å². The lowest BCUT2D eigenvalue weighted by molar-refractivity contribution is -0.137. The lowest BCUT2D eigenvalue weighted by Gasteiger charge is -2.24. The maximum atomic E-state index is 13.0. The monoisotopic (exact) mass is 500 g/mol. The molecule has 0 radical (unpaired) electrons. The molecule has 10 heteroatoms. The summed E-state index contributed by atoms with van der Waals surface area (Å²) in [6.07, 6.45) is -0.927. The molecule has 0 bridgehead atoms. The van der Waals surface area contributed by atoms with Crippen molar-refractivity contribution in [3.63, 3.8) is 0 Å². The highest BCUT2D eigenvalue weighted by molar-refractivity contribution is 5.93. The number of amides is 2. The van der Waals surface area contributed by atoms with Crippen molar-refractivity contribution in [2.75, 3.05) is 25.0 Å². The number of carbonyl (C=O) groups is 2. The number of halogens is 3. The number of hydrogen-bond acceptors (Lipinski definition) is 4. The molecule has 1 aliphatic heterocycles. The molecule has 7 nitrogen and oxygen atoms in total. The van der Waals surface area contributed by atoms with E-state index in [1.807, 2.05) is 30.3 Å². The van der Waals surface area contributed by atoms with Crippen molar-refractivity contribution >= 4 is 17.8 Å². The van der Waals surface area contributed by atoms with Gasteiger partial charge in [-0.2, -0.15) is 13.2 Å². The fourth-order valence-corrected chi connectivity index (χ4v) is 4.07. The van der Waals surface area contributed by atoms with Gasteiger partial charge in [0.2, 0.25) is 17.8 Å². The van der Waals surface area contributed by atoms with E-state index in [1.165, 1.54) is 21.6 Å². The van der Waals surface area contributed by atoms with Crippen molar-refractivity contribution in [2.24, 2.45) is 0 Å². The SMILES string of the molecule is CCC(=O)N(CC(=O)Nc1nc(-c2ccccc2)cn1-c1ccc(C(F)(F)F)cc1)CC1CCCO1. The quantitative estimate of drug-likeness (QED) is 0.477. The normalized spacial score (nSPS) is 15.6. The number of nitrogens with one attached hydrogen (secondary N) is 1. The number of nitrogens with zero attached hydrogens (tertiary/aromatic N) is 3. The second kappa shape index (κ2) is 10.9. The number of alkyl halides is 3. The van der Waals surface area contributed by atoms with Crippen LogP contribution < -0.4 is 5.32 Å². The highest BCUT2D eigenvalue weighted by Gasteiger charge is 2.30. The van der Waals surface area contributed by atoms with Gasteiger partial charge in [0.15, 0.2) is 0 Å². The standard InChI is InChI=1S/C26H27F3N4O3/c1-2-24(35)32(15-21-9-6-14-36-21)17-23(34)31-25-30-22(18-7-4-3-5-8-18)16-33(25)20-12-10-19(11-13-20)26(27,28)29/h3-5,7-8,10-13,16,21H,2,6,9,14-15,17H2,1H3,(H,30,31,34). The number of ether oxygens (including phenoxy) is 1. The molecule has 0 spiro atoms. The number of imidazole rings is 1. The van der Waals surface area contributed by atoms with Crippen LogP contribution in [0.2, 0.25) is 0 Å². The van der Waals surface area contributed by atoms with Gasteiger partial charge in [-0.15, -0.1) is 0 Å². The average molecular weight is 501 g/mol. The molecule has 1 aliphatic rings. The molecule has 4 rings (SSSR count). The molecule has 3 aromatic rings. The smallest absolute Gasteiger partial charge is 0.376 e. The molecule has 1 fully saturated rings. The van der Waals surface area contributed by atoms with Crippen LogP contribution in [0.5, 0.6) is 0 Å².